The van der Waals surface area contributed by atoms with Gasteiger partial charge in [0.15, 0.2) is 8.32 Å². The highest BCUT2D eigenvalue weighted by atomic mass is 28.4. The van der Waals surface area contributed by atoms with Crippen LogP contribution in [0.4, 0.5) is 4.79 Å². The molecule has 1 atom stereocenters. The first-order valence-electron chi connectivity index (χ1n) is 9.30. The standard InChI is InChI=1S/C19H39NO5Si/c1-15(21)23-13-11-12-16(14-24-26(9,10)19(5,6)7)20(8)17(22)25-18(2,3)4/h16H,11-14H2,1-10H3/t16-/m0/s1. The van der Waals surface area contributed by atoms with Crippen LogP contribution in [0.25, 0.3) is 0 Å². The molecule has 0 bridgehead atoms. The average Bonchev–Trinajstić information content (AvgIpc) is 2.42. The Bertz CT molecular complexity index is 466. The summed E-state index contributed by atoms with van der Waals surface area (Å²) >= 11 is 0. The summed E-state index contributed by atoms with van der Waals surface area (Å²) in [6, 6.07) is -0.130. The van der Waals surface area contributed by atoms with E-state index in [-0.39, 0.29) is 23.1 Å². The van der Waals surface area contributed by atoms with Gasteiger partial charge in [-0.15, -0.1) is 0 Å². The maximum Gasteiger partial charge on any atom is 0.410 e. The van der Waals surface area contributed by atoms with Crippen LogP contribution in [0.3, 0.4) is 0 Å². The van der Waals surface area contributed by atoms with Gasteiger partial charge in [0.05, 0.1) is 19.3 Å². The lowest BCUT2D eigenvalue weighted by Gasteiger charge is -2.39. The van der Waals surface area contributed by atoms with Crippen molar-refractivity contribution in [2.24, 2.45) is 0 Å². The molecule has 0 aromatic rings. The maximum atomic E-state index is 12.4. The van der Waals surface area contributed by atoms with Crippen LogP contribution in [0.15, 0.2) is 0 Å². The first-order valence-corrected chi connectivity index (χ1v) is 12.2. The number of likely N-dealkylation sites (N-methyl/N-ethyl adjacent to an activating group) is 1. The number of nitrogens with zero attached hydrogens (tertiary/aromatic N) is 1. The van der Waals surface area contributed by atoms with Crippen molar-refractivity contribution < 1.29 is 23.5 Å². The Hall–Kier alpha value is -1.08. The van der Waals surface area contributed by atoms with E-state index in [0.29, 0.717) is 26.1 Å². The summed E-state index contributed by atoms with van der Waals surface area (Å²) in [5.41, 5.74) is -0.548. The number of ether oxygens (including phenoxy) is 2. The summed E-state index contributed by atoms with van der Waals surface area (Å²) in [6.07, 6.45) is 0.976. The molecular weight excluding hydrogens is 350 g/mol. The van der Waals surface area contributed by atoms with Gasteiger partial charge in [-0.05, 0) is 51.7 Å². The van der Waals surface area contributed by atoms with Crippen LogP contribution in [-0.4, -0.2) is 57.2 Å². The van der Waals surface area contributed by atoms with Crippen molar-refractivity contribution in [2.75, 3.05) is 20.3 Å². The Balaban J connectivity index is 4.98. The lowest BCUT2D eigenvalue weighted by Crippen LogP contribution is -2.48. The van der Waals surface area contributed by atoms with Gasteiger partial charge in [0.1, 0.15) is 5.60 Å². The first kappa shape index (κ1) is 24.9. The lowest BCUT2D eigenvalue weighted by atomic mass is 10.1. The normalized spacial score (nSPS) is 13.9. The monoisotopic (exact) mass is 389 g/mol. The largest absolute Gasteiger partial charge is 0.466 e. The predicted molar refractivity (Wildman–Crippen MR) is 107 cm³/mol. The Kier molecular flexibility index (Phi) is 9.33. The van der Waals surface area contributed by atoms with Crippen LogP contribution < -0.4 is 0 Å². The fraction of sp³-hybridized carbons (Fsp3) is 0.895. The number of rotatable bonds is 8. The molecular formula is C19H39NO5Si. The number of hydrogen-bond acceptors (Lipinski definition) is 5. The van der Waals surface area contributed by atoms with E-state index in [4.69, 9.17) is 13.9 Å². The van der Waals surface area contributed by atoms with Crippen LogP contribution in [0.2, 0.25) is 18.1 Å². The van der Waals surface area contributed by atoms with Gasteiger partial charge in [0.2, 0.25) is 0 Å². The van der Waals surface area contributed by atoms with Crippen molar-refractivity contribution in [1.29, 1.82) is 0 Å². The van der Waals surface area contributed by atoms with Crippen LogP contribution in [0.5, 0.6) is 0 Å². The fourth-order valence-electron chi connectivity index (χ4n) is 1.93. The lowest BCUT2D eigenvalue weighted by molar-refractivity contribution is -0.141. The summed E-state index contributed by atoms with van der Waals surface area (Å²) in [6.45, 7) is 18.7. The Morgan fingerprint density at radius 3 is 2.04 bits per heavy atom. The summed E-state index contributed by atoms with van der Waals surface area (Å²) in [4.78, 5) is 25.0. The minimum atomic E-state index is -1.92. The smallest absolute Gasteiger partial charge is 0.410 e. The van der Waals surface area contributed by atoms with E-state index < -0.39 is 13.9 Å². The van der Waals surface area contributed by atoms with Gasteiger partial charge >= 0.3 is 12.1 Å². The molecule has 0 unspecified atom stereocenters. The van der Waals surface area contributed by atoms with Crippen LogP contribution >= 0.6 is 0 Å². The van der Waals surface area contributed by atoms with E-state index in [2.05, 4.69) is 33.9 Å². The Labute approximate surface area is 160 Å². The van der Waals surface area contributed by atoms with Gasteiger partial charge < -0.3 is 18.8 Å². The zero-order valence-corrected chi connectivity index (χ0v) is 19.4. The second-order valence-electron chi connectivity index (χ2n) is 9.30. The highest BCUT2D eigenvalue weighted by molar-refractivity contribution is 6.74. The zero-order chi connectivity index (χ0) is 20.8. The molecule has 0 saturated heterocycles. The average molecular weight is 390 g/mol. The second kappa shape index (κ2) is 9.74. The van der Waals surface area contributed by atoms with Gasteiger partial charge in [-0.1, -0.05) is 20.8 Å². The molecule has 0 aliphatic carbocycles. The molecule has 0 saturated carbocycles. The van der Waals surface area contributed by atoms with Crippen molar-refractivity contribution in [3.63, 3.8) is 0 Å². The third kappa shape index (κ3) is 9.57. The summed E-state index contributed by atoms with van der Waals surface area (Å²) in [7, 11) is -0.189. The second-order valence-corrected chi connectivity index (χ2v) is 14.1. The van der Waals surface area contributed by atoms with Crippen molar-refractivity contribution >= 4 is 20.4 Å². The molecule has 0 aliphatic rings. The van der Waals surface area contributed by atoms with Crippen LogP contribution in [-0.2, 0) is 18.7 Å². The fourth-order valence-corrected chi connectivity index (χ4v) is 2.97. The van der Waals surface area contributed by atoms with E-state index in [1.165, 1.54) is 6.92 Å². The van der Waals surface area contributed by atoms with Gasteiger partial charge in [0, 0.05) is 14.0 Å². The number of hydrogen-bond donors (Lipinski definition) is 0. The van der Waals surface area contributed by atoms with E-state index in [1.54, 1.807) is 11.9 Å². The maximum absolute atomic E-state index is 12.4. The molecule has 0 heterocycles. The molecule has 0 aliphatic heterocycles. The number of carbonyl (C=O) groups is 2. The highest BCUT2D eigenvalue weighted by Crippen LogP contribution is 2.36. The molecule has 0 spiro atoms. The Morgan fingerprint density at radius 1 is 1.08 bits per heavy atom. The molecule has 7 heteroatoms. The quantitative estimate of drug-likeness (QED) is 0.345. The first-order chi connectivity index (χ1) is 11.6. The highest BCUT2D eigenvalue weighted by Gasteiger charge is 2.38. The molecule has 1 amide bonds. The van der Waals surface area contributed by atoms with Gasteiger partial charge in [-0.25, -0.2) is 4.79 Å². The predicted octanol–water partition coefficient (Wildman–Crippen LogP) is 4.59. The van der Waals surface area contributed by atoms with E-state index >= 15 is 0 Å². The van der Waals surface area contributed by atoms with E-state index in [1.807, 2.05) is 20.8 Å². The number of amides is 1. The van der Waals surface area contributed by atoms with Gasteiger partial charge in [0.25, 0.3) is 0 Å². The molecule has 0 N–H and O–H groups in total. The van der Waals surface area contributed by atoms with Crippen molar-refractivity contribution in [1.82, 2.24) is 4.90 Å². The third-order valence-corrected chi connectivity index (χ3v) is 9.16. The van der Waals surface area contributed by atoms with Crippen molar-refractivity contribution in [2.45, 2.75) is 91.1 Å². The molecule has 6 nitrogen and oxygen atoms in total. The number of esters is 1. The minimum Gasteiger partial charge on any atom is -0.466 e. The van der Waals surface area contributed by atoms with Crippen LogP contribution in [0, 0.1) is 0 Å². The Morgan fingerprint density at radius 2 is 1.62 bits per heavy atom. The zero-order valence-electron chi connectivity index (χ0n) is 18.4. The van der Waals surface area contributed by atoms with Crippen molar-refractivity contribution in [3.05, 3.63) is 0 Å². The molecule has 0 aromatic heterocycles. The molecule has 0 radical (unpaired) electrons. The number of carbonyl (C=O) groups excluding carboxylic acids is 2. The topological polar surface area (TPSA) is 65.1 Å². The molecule has 26 heavy (non-hydrogen) atoms. The van der Waals surface area contributed by atoms with Gasteiger partial charge in [-0.2, -0.15) is 0 Å². The van der Waals surface area contributed by atoms with E-state index in [9.17, 15) is 9.59 Å². The molecule has 0 rings (SSSR count). The summed E-state index contributed by atoms with van der Waals surface area (Å²) in [5.74, 6) is -0.292. The molecule has 0 aromatic carbocycles. The summed E-state index contributed by atoms with van der Waals surface area (Å²) < 4.78 is 16.8. The third-order valence-electron chi connectivity index (χ3n) is 4.66. The SMILES string of the molecule is CC(=O)OCCC[C@@H](CO[Si](C)(C)C(C)(C)C)N(C)C(=O)OC(C)(C)C. The summed E-state index contributed by atoms with van der Waals surface area (Å²) in [5, 5.41) is 0.0970. The minimum absolute atomic E-state index is 0.0970. The molecule has 154 valence electrons. The van der Waals surface area contributed by atoms with Crippen molar-refractivity contribution in [3.8, 4) is 0 Å². The van der Waals surface area contributed by atoms with Gasteiger partial charge in [-0.3, -0.25) is 4.79 Å². The van der Waals surface area contributed by atoms with Crippen LogP contribution in [0.1, 0.15) is 61.3 Å². The molecule has 0 fully saturated rings. The van der Waals surface area contributed by atoms with E-state index in [0.717, 1.165) is 0 Å².